The molecule has 8 heteroatoms. The second-order valence-corrected chi connectivity index (χ2v) is 6.74. The second-order valence-electron chi connectivity index (χ2n) is 5.61. The van der Waals surface area contributed by atoms with E-state index < -0.39 is 18.0 Å². The van der Waals surface area contributed by atoms with E-state index in [2.05, 4.69) is 10.6 Å². The summed E-state index contributed by atoms with van der Waals surface area (Å²) >= 11 is 1.68. The molecule has 0 aromatic heterocycles. The first-order chi connectivity index (χ1) is 12.5. The third kappa shape index (κ3) is 5.66. The number of ether oxygens (including phenoxy) is 2. The van der Waals surface area contributed by atoms with Crippen LogP contribution in [0.15, 0.2) is 23.1 Å². The average Bonchev–Trinajstić information content (AvgIpc) is 2.64. The van der Waals surface area contributed by atoms with E-state index in [-0.39, 0.29) is 32.0 Å². The summed E-state index contributed by atoms with van der Waals surface area (Å²) < 4.78 is 9.87. The number of esters is 2. The summed E-state index contributed by atoms with van der Waals surface area (Å²) in [5, 5.41) is 5.94. The van der Waals surface area contributed by atoms with Gasteiger partial charge < -0.3 is 20.1 Å². The van der Waals surface area contributed by atoms with Gasteiger partial charge in [-0.05, 0) is 38.5 Å². The molecule has 1 aliphatic rings. The van der Waals surface area contributed by atoms with Crippen molar-refractivity contribution in [3.05, 3.63) is 23.8 Å². The van der Waals surface area contributed by atoms with Crippen LogP contribution < -0.4 is 10.6 Å². The molecule has 2 rings (SSSR count). The number of hydrogen-bond acceptors (Lipinski definition) is 7. The highest BCUT2D eigenvalue weighted by Crippen LogP contribution is 2.31. The van der Waals surface area contributed by atoms with Gasteiger partial charge in [-0.2, -0.15) is 0 Å². The molecule has 1 aliphatic heterocycles. The number of amides is 1. The SMILES string of the molecule is CCOC(=O)CC[C@@H](NC(=O)c1ccc2c(c1)SCCN2)C(=O)OCC. The highest BCUT2D eigenvalue weighted by molar-refractivity contribution is 7.99. The van der Waals surface area contributed by atoms with Crippen LogP contribution in [-0.4, -0.2) is 49.4 Å². The molecule has 1 atom stereocenters. The monoisotopic (exact) mass is 380 g/mol. The molecule has 142 valence electrons. The van der Waals surface area contributed by atoms with Crippen LogP contribution in [0, 0.1) is 0 Å². The summed E-state index contributed by atoms with van der Waals surface area (Å²) in [5.41, 5.74) is 1.47. The number of hydrogen-bond donors (Lipinski definition) is 2. The lowest BCUT2D eigenvalue weighted by atomic mass is 10.1. The van der Waals surface area contributed by atoms with Crippen LogP contribution in [-0.2, 0) is 19.1 Å². The third-order valence-corrected chi connectivity index (χ3v) is 4.79. The van der Waals surface area contributed by atoms with Crippen molar-refractivity contribution >= 4 is 35.3 Å². The van der Waals surface area contributed by atoms with Gasteiger partial charge >= 0.3 is 11.9 Å². The predicted octanol–water partition coefficient (Wildman–Crippen LogP) is 2.21. The van der Waals surface area contributed by atoms with Gasteiger partial charge in [0.05, 0.1) is 13.2 Å². The first-order valence-electron chi connectivity index (χ1n) is 8.69. The Kier molecular flexibility index (Phi) is 7.77. The topological polar surface area (TPSA) is 93.7 Å². The summed E-state index contributed by atoms with van der Waals surface area (Å²) in [6, 6.07) is 4.47. The van der Waals surface area contributed by atoms with Gasteiger partial charge in [-0.25, -0.2) is 4.79 Å². The Morgan fingerprint density at radius 3 is 2.73 bits per heavy atom. The fourth-order valence-electron chi connectivity index (χ4n) is 2.50. The maximum absolute atomic E-state index is 12.6. The van der Waals surface area contributed by atoms with Crippen molar-refractivity contribution in [2.75, 3.05) is 30.8 Å². The van der Waals surface area contributed by atoms with E-state index in [1.54, 1.807) is 37.7 Å². The molecular formula is C18H24N2O5S. The molecule has 7 nitrogen and oxygen atoms in total. The van der Waals surface area contributed by atoms with Crippen molar-refractivity contribution < 1.29 is 23.9 Å². The minimum Gasteiger partial charge on any atom is -0.466 e. The van der Waals surface area contributed by atoms with Gasteiger partial charge in [0, 0.05) is 34.9 Å². The van der Waals surface area contributed by atoms with Crippen molar-refractivity contribution in [2.24, 2.45) is 0 Å². The molecule has 0 unspecified atom stereocenters. The number of anilines is 1. The molecule has 0 bridgehead atoms. The molecule has 1 aromatic rings. The van der Waals surface area contributed by atoms with Crippen LogP contribution in [0.3, 0.4) is 0 Å². The molecule has 26 heavy (non-hydrogen) atoms. The number of fused-ring (bicyclic) bond motifs is 1. The Bertz CT molecular complexity index is 665. The number of rotatable bonds is 8. The Morgan fingerprint density at radius 1 is 1.23 bits per heavy atom. The van der Waals surface area contributed by atoms with E-state index in [1.807, 2.05) is 6.07 Å². The molecule has 0 spiro atoms. The van der Waals surface area contributed by atoms with Gasteiger partial charge in [0.2, 0.25) is 0 Å². The quantitative estimate of drug-likeness (QED) is 0.668. The van der Waals surface area contributed by atoms with Crippen LogP contribution in [0.4, 0.5) is 5.69 Å². The van der Waals surface area contributed by atoms with Gasteiger partial charge in [-0.15, -0.1) is 11.8 Å². The molecule has 0 saturated heterocycles. The Morgan fingerprint density at radius 2 is 2.00 bits per heavy atom. The number of benzene rings is 1. The van der Waals surface area contributed by atoms with Crippen LogP contribution in [0.1, 0.15) is 37.0 Å². The first-order valence-corrected chi connectivity index (χ1v) is 9.67. The molecule has 0 radical (unpaired) electrons. The maximum Gasteiger partial charge on any atom is 0.328 e. The zero-order chi connectivity index (χ0) is 18.9. The zero-order valence-corrected chi connectivity index (χ0v) is 15.8. The summed E-state index contributed by atoms with van der Waals surface area (Å²) in [6.07, 6.45) is 0.159. The van der Waals surface area contributed by atoms with Crippen molar-refractivity contribution in [1.82, 2.24) is 5.32 Å². The molecule has 1 heterocycles. The summed E-state index contributed by atoms with van der Waals surface area (Å²) in [7, 11) is 0. The second kappa shape index (κ2) is 10.1. The number of nitrogens with one attached hydrogen (secondary N) is 2. The van der Waals surface area contributed by atoms with Crippen molar-refractivity contribution in [2.45, 2.75) is 37.6 Å². The predicted molar refractivity (Wildman–Crippen MR) is 99.4 cm³/mol. The van der Waals surface area contributed by atoms with E-state index in [1.165, 1.54) is 0 Å². The van der Waals surface area contributed by atoms with E-state index in [4.69, 9.17) is 9.47 Å². The zero-order valence-electron chi connectivity index (χ0n) is 15.0. The van der Waals surface area contributed by atoms with E-state index in [0.29, 0.717) is 5.56 Å². The molecule has 1 amide bonds. The van der Waals surface area contributed by atoms with Crippen molar-refractivity contribution in [3.8, 4) is 0 Å². The Labute approximate surface area is 157 Å². The van der Waals surface area contributed by atoms with Gasteiger partial charge in [0.1, 0.15) is 6.04 Å². The highest BCUT2D eigenvalue weighted by atomic mass is 32.2. The normalized spacial score (nSPS) is 13.8. The van der Waals surface area contributed by atoms with Gasteiger partial charge in [0.25, 0.3) is 5.91 Å². The molecule has 1 aromatic carbocycles. The Hall–Kier alpha value is -2.22. The third-order valence-electron chi connectivity index (χ3n) is 3.74. The van der Waals surface area contributed by atoms with Crippen LogP contribution >= 0.6 is 11.8 Å². The summed E-state index contributed by atoms with van der Waals surface area (Å²) in [5.74, 6) is -0.407. The molecule has 0 aliphatic carbocycles. The fraction of sp³-hybridized carbons (Fsp3) is 0.500. The fourth-order valence-corrected chi connectivity index (χ4v) is 3.43. The van der Waals surface area contributed by atoms with Crippen LogP contribution in [0.2, 0.25) is 0 Å². The summed E-state index contributed by atoms with van der Waals surface area (Å²) in [4.78, 5) is 37.2. The van der Waals surface area contributed by atoms with E-state index >= 15 is 0 Å². The lowest BCUT2D eigenvalue weighted by Crippen LogP contribution is -2.42. The van der Waals surface area contributed by atoms with E-state index in [0.717, 1.165) is 22.9 Å². The highest BCUT2D eigenvalue weighted by Gasteiger charge is 2.24. The average molecular weight is 380 g/mol. The van der Waals surface area contributed by atoms with Crippen LogP contribution in [0.25, 0.3) is 0 Å². The molecule has 2 N–H and O–H groups in total. The molecule has 0 fully saturated rings. The Balaban J connectivity index is 2.04. The van der Waals surface area contributed by atoms with Gasteiger partial charge in [-0.1, -0.05) is 0 Å². The minimum atomic E-state index is -0.895. The van der Waals surface area contributed by atoms with Crippen molar-refractivity contribution in [3.63, 3.8) is 0 Å². The molecular weight excluding hydrogens is 356 g/mol. The maximum atomic E-state index is 12.6. The minimum absolute atomic E-state index is 0.0293. The van der Waals surface area contributed by atoms with E-state index in [9.17, 15) is 14.4 Å². The van der Waals surface area contributed by atoms with Crippen molar-refractivity contribution in [1.29, 1.82) is 0 Å². The standard InChI is InChI=1S/C18H24N2O5S/c1-3-24-16(21)8-7-14(18(23)25-4-2)20-17(22)12-5-6-13-15(11-12)26-10-9-19-13/h5-6,11,14,19H,3-4,7-10H2,1-2H3,(H,20,22)/t14-/m1/s1. The lowest BCUT2D eigenvalue weighted by Gasteiger charge is -2.19. The van der Waals surface area contributed by atoms with Crippen LogP contribution in [0.5, 0.6) is 0 Å². The first kappa shape index (κ1) is 20.1. The lowest BCUT2D eigenvalue weighted by molar-refractivity contribution is -0.146. The van der Waals surface area contributed by atoms with Gasteiger partial charge in [-0.3, -0.25) is 9.59 Å². The number of carbonyl (C=O) groups excluding carboxylic acids is 3. The number of carbonyl (C=O) groups is 3. The number of thioether (sulfide) groups is 1. The summed E-state index contributed by atoms with van der Waals surface area (Å²) in [6.45, 7) is 4.77. The largest absolute Gasteiger partial charge is 0.466 e. The smallest absolute Gasteiger partial charge is 0.328 e. The molecule has 0 saturated carbocycles. The van der Waals surface area contributed by atoms with Gasteiger partial charge in [0.15, 0.2) is 0 Å².